The summed E-state index contributed by atoms with van der Waals surface area (Å²) in [5.41, 5.74) is -1.61. The van der Waals surface area contributed by atoms with Gasteiger partial charge in [-0.25, -0.2) is 21.6 Å². The SMILES string of the molecule is O=C(Nc1cc(F)c(F)c(F)c1)c1ccc(Cl)c(S(=O)(=O)C2CC3CC[C@@H](C2)C3(O)CCC(=O)[C@@H]2CCCO2)c1. The molecule has 3 aliphatic rings. The molecule has 7 nitrogen and oxygen atoms in total. The van der Waals surface area contributed by atoms with Gasteiger partial charge in [0.15, 0.2) is 33.1 Å². The molecule has 1 heterocycles. The quantitative estimate of drug-likeness (QED) is 0.402. The van der Waals surface area contributed by atoms with Crippen LogP contribution in [-0.2, 0) is 19.4 Å². The second-order valence-corrected chi connectivity index (χ2v) is 13.5. The number of nitrogens with one attached hydrogen (secondary N) is 1. The number of Topliss-reactive ketones (excluding diaryl/α,β-unsaturated/α-hetero) is 1. The number of carbonyl (C=O) groups is 2. The third-order valence-electron chi connectivity index (χ3n) is 8.61. The zero-order chi connectivity index (χ0) is 28.8. The first kappa shape index (κ1) is 29.0. The molecule has 0 radical (unpaired) electrons. The van der Waals surface area contributed by atoms with Crippen molar-refractivity contribution in [3.8, 4) is 0 Å². The standard InChI is InChI=1S/C28H29ClF3NO6S/c29-20-6-3-15(27(35)33-18-13-21(30)26(32)22(31)14-18)10-25(20)40(37,38)19-11-16-4-5-17(12-19)28(16,36)8-7-23(34)24-2-1-9-39-24/h3,6,10,13-14,16-17,19,24,36H,1-2,4-5,7-9,11-12H2,(H,33,35)/t16-,17?,19?,24-,28?/m0/s1. The van der Waals surface area contributed by atoms with Gasteiger partial charge in [0, 0.05) is 36.4 Å². The molecule has 216 valence electrons. The fourth-order valence-corrected chi connectivity index (χ4v) is 8.86. The highest BCUT2D eigenvalue weighted by Gasteiger charge is 2.55. The summed E-state index contributed by atoms with van der Waals surface area (Å²) >= 11 is 6.26. The number of aliphatic hydroxyl groups is 1. The van der Waals surface area contributed by atoms with Crippen molar-refractivity contribution in [3.63, 3.8) is 0 Å². The van der Waals surface area contributed by atoms with Crippen LogP contribution in [0.2, 0.25) is 5.02 Å². The van der Waals surface area contributed by atoms with Crippen LogP contribution in [0.25, 0.3) is 0 Å². The Morgan fingerprint density at radius 1 is 1.05 bits per heavy atom. The molecule has 0 aromatic heterocycles. The highest BCUT2D eigenvalue weighted by molar-refractivity contribution is 7.92. The highest BCUT2D eigenvalue weighted by Crippen LogP contribution is 2.54. The minimum absolute atomic E-state index is 0.0342. The number of ketones is 1. The third kappa shape index (κ3) is 5.41. The summed E-state index contributed by atoms with van der Waals surface area (Å²) in [6.45, 7) is 0.556. The molecule has 3 unspecified atom stereocenters. The average molecular weight is 600 g/mol. The molecule has 2 aliphatic carbocycles. The fourth-order valence-electron chi connectivity index (χ4n) is 6.46. The van der Waals surface area contributed by atoms with E-state index in [4.69, 9.17) is 16.3 Å². The molecule has 2 bridgehead atoms. The van der Waals surface area contributed by atoms with Crippen molar-refractivity contribution in [2.45, 2.75) is 73.2 Å². The molecule has 40 heavy (non-hydrogen) atoms. The monoisotopic (exact) mass is 599 g/mol. The largest absolute Gasteiger partial charge is 0.389 e. The summed E-state index contributed by atoms with van der Waals surface area (Å²) in [6, 6.07) is 4.83. The van der Waals surface area contributed by atoms with Crippen LogP contribution in [0.4, 0.5) is 18.9 Å². The second kappa shape index (κ2) is 11.1. The highest BCUT2D eigenvalue weighted by atomic mass is 35.5. The number of halogens is 4. The van der Waals surface area contributed by atoms with Gasteiger partial charge in [-0.05, 0) is 75.0 Å². The van der Waals surface area contributed by atoms with Crippen LogP contribution in [0.1, 0.15) is 61.7 Å². The maximum absolute atomic E-state index is 13.7. The van der Waals surface area contributed by atoms with Gasteiger partial charge in [0.05, 0.1) is 20.8 Å². The zero-order valence-corrected chi connectivity index (χ0v) is 23.0. The molecule has 1 amide bonds. The lowest BCUT2D eigenvalue weighted by molar-refractivity contribution is -0.131. The van der Waals surface area contributed by atoms with Crippen molar-refractivity contribution < 1.29 is 41.0 Å². The molecule has 2 N–H and O–H groups in total. The van der Waals surface area contributed by atoms with Crippen LogP contribution < -0.4 is 5.32 Å². The van der Waals surface area contributed by atoms with Crippen LogP contribution in [-0.4, -0.2) is 48.8 Å². The molecule has 1 aliphatic heterocycles. The lowest BCUT2D eigenvalue weighted by Gasteiger charge is -2.42. The molecule has 2 aromatic rings. The van der Waals surface area contributed by atoms with Crippen LogP contribution in [0.3, 0.4) is 0 Å². The summed E-state index contributed by atoms with van der Waals surface area (Å²) < 4.78 is 73.3. The Bertz CT molecular complexity index is 1410. The number of hydrogen-bond donors (Lipinski definition) is 2. The number of sulfone groups is 1. The van der Waals surface area contributed by atoms with Gasteiger partial charge in [-0.15, -0.1) is 0 Å². The smallest absolute Gasteiger partial charge is 0.255 e. The van der Waals surface area contributed by atoms with Gasteiger partial charge in [0.1, 0.15) is 6.10 Å². The molecule has 5 atom stereocenters. The van der Waals surface area contributed by atoms with Crippen molar-refractivity contribution in [1.29, 1.82) is 0 Å². The van der Waals surface area contributed by atoms with Crippen molar-refractivity contribution in [3.05, 3.63) is 58.4 Å². The van der Waals surface area contributed by atoms with Gasteiger partial charge in [0.25, 0.3) is 5.91 Å². The number of hydrogen-bond acceptors (Lipinski definition) is 6. The van der Waals surface area contributed by atoms with Gasteiger partial charge in [-0.3, -0.25) is 9.59 Å². The van der Waals surface area contributed by atoms with Crippen molar-refractivity contribution in [1.82, 2.24) is 0 Å². The minimum atomic E-state index is -4.04. The Labute approximate surface area is 235 Å². The molecule has 2 aromatic carbocycles. The lowest BCUT2D eigenvalue weighted by Crippen LogP contribution is -2.48. The molecule has 5 rings (SSSR count). The summed E-state index contributed by atoms with van der Waals surface area (Å²) in [5, 5.41) is 12.8. The van der Waals surface area contributed by atoms with E-state index in [1.807, 2.05) is 0 Å². The van der Waals surface area contributed by atoms with Crippen molar-refractivity contribution in [2.75, 3.05) is 11.9 Å². The van der Waals surface area contributed by atoms with Crippen LogP contribution in [0.5, 0.6) is 0 Å². The fraction of sp³-hybridized carbons (Fsp3) is 0.500. The predicted molar refractivity (Wildman–Crippen MR) is 140 cm³/mol. The Hall–Kier alpha value is -2.47. The number of carbonyl (C=O) groups excluding carboxylic acids is 2. The van der Waals surface area contributed by atoms with E-state index < -0.39 is 50.2 Å². The number of fused-ring (bicyclic) bond motifs is 2. The first-order valence-electron chi connectivity index (χ1n) is 13.3. The number of anilines is 1. The van der Waals surface area contributed by atoms with Gasteiger partial charge >= 0.3 is 0 Å². The van der Waals surface area contributed by atoms with E-state index in [2.05, 4.69) is 5.32 Å². The predicted octanol–water partition coefficient (Wildman–Crippen LogP) is 5.23. The van der Waals surface area contributed by atoms with E-state index in [0.29, 0.717) is 38.0 Å². The van der Waals surface area contributed by atoms with E-state index >= 15 is 0 Å². The molecule has 3 fully saturated rings. The Kier molecular flexibility index (Phi) is 8.04. The Balaban J connectivity index is 1.31. The van der Waals surface area contributed by atoms with Crippen LogP contribution in [0, 0.1) is 29.3 Å². The van der Waals surface area contributed by atoms with Crippen molar-refractivity contribution in [2.24, 2.45) is 11.8 Å². The molecule has 2 saturated carbocycles. The summed E-state index contributed by atoms with van der Waals surface area (Å²) in [4.78, 5) is 25.0. The van der Waals surface area contributed by atoms with Gasteiger partial charge in [-0.1, -0.05) is 11.6 Å². The third-order valence-corrected chi connectivity index (χ3v) is 11.3. The second-order valence-electron chi connectivity index (χ2n) is 10.9. The molecule has 12 heteroatoms. The first-order chi connectivity index (χ1) is 18.9. The first-order valence-corrected chi connectivity index (χ1v) is 15.2. The van der Waals surface area contributed by atoms with E-state index in [9.17, 15) is 36.3 Å². The number of ether oxygens (including phenoxy) is 1. The van der Waals surface area contributed by atoms with E-state index in [1.165, 1.54) is 12.1 Å². The zero-order valence-electron chi connectivity index (χ0n) is 21.5. The normalized spacial score (nSPS) is 28.0. The number of amides is 1. The molecule has 0 spiro atoms. The van der Waals surface area contributed by atoms with E-state index in [-0.39, 0.29) is 64.5 Å². The van der Waals surface area contributed by atoms with Gasteiger partial charge in [0.2, 0.25) is 0 Å². The number of rotatable bonds is 8. The summed E-state index contributed by atoms with van der Waals surface area (Å²) in [7, 11) is -4.04. The average Bonchev–Trinajstić information content (AvgIpc) is 3.48. The van der Waals surface area contributed by atoms with E-state index in [0.717, 1.165) is 12.5 Å². The summed E-state index contributed by atoms with van der Waals surface area (Å²) in [6.07, 6.45) is 3.18. The van der Waals surface area contributed by atoms with Crippen LogP contribution in [0.15, 0.2) is 35.2 Å². The van der Waals surface area contributed by atoms with Gasteiger partial charge in [-0.2, -0.15) is 0 Å². The summed E-state index contributed by atoms with van der Waals surface area (Å²) in [5.74, 6) is -6.18. The molecular weight excluding hydrogens is 571 g/mol. The maximum atomic E-state index is 13.7. The topological polar surface area (TPSA) is 110 Å². The minimum Gasteiger partial charge on any atom is -0.389 e. The van der Waals surface area contributed by atoms with Crippen LogP contribution >= 0.6 is 11.6 Å². The molecule has 1 saturated heterocycles. The van der Waals surface area contributed by atoms with E-state index in [1.54, 1.807) is 0 Å². The van der Waals surface area contributed by atoms with Crippen molar-refractivity contribution >= 4 is 38.8 Å². The maximum Gasteiger partial charge on any atom is 0.255 e. The Morgan fingerprint density at radius 2 is 1.70 bits per heavy atom. The lowest BCUT2D eigenvalue weighted by atomic mass is 9.71. The Morgan fingerprint density at radius 3 is 2.30 bits per heavy atom. The van der Waals surface area contributed by atoms with Gasteiger partial charge < -0.3 is 15.2 Å². The number of benzene rings is 2. The molecular formula is C28H29ClF3NO6S.